The van der Waals surface area contributed by atoms with Crippen LogP contribution in [0.4, 0.5) is 10.5 Å². The van der Waals surface area contributed by atoms with E-state index in [2.05, 4.69) is 10.6 Å². The zero-order valence-electron chi connectivity index (χ0n) is 14.9. The minimum absolute atomic E-state index is 0.0480. The molecule has 0 aliphatic heterocycles. The number of imidazole rings is 1. The SMILES string of the molecule is CCn1c(=O)n(CC(=O)NCc2ccc(NC(N)=O)cc2)c2ccccc21. The predicted molar refractivity (Wildman–Crippen MR) is 103 cm³/mol. The number of para-hydroxylation sites is 2. The van der Waals surface area contributed by atoms with Gasteiger partial charge in [-0.1, -0.05) is 24.3 Å². The Hall–Kier alpha value is -3.55. The number of primary amides is 1. The molecule has 0 fully saturated rings. The van der Waals surface area contributed by atoms with Crippen LogP contribution in [0.5, 0.6) is 0 Å². The summed E-state index contributed by atoms with van der Waals surface area (Å²) in [5.74, 6) is -0.254. The fraction of sp³-hybridized carbons (Fsp3) is 0.211. The average molecular weight is 367 g/mol. The number of urea groups is 1. The molecule has 8 nitrogen and oxygen atoms in total. The number of aromatic nitrogens is 2. The van der Waals surface area contributed by atoms with E-state index in [-0.39, 0.29) is 18.1 Å². The molecule has 140 valence electrons. The Morgan fingerprint density at radius 3 is 2.22 bits per heavy atom. The smallest absolute Gasteiger partial charge is 0.329 e. The van der Waals surface area contributed by atoms with Crippen LogP contribution in [0, 0.1) is 0 Å². The lowest BCUT2D eigenvalue weighted by Gasteiger charge is -2.07. The molecule has 2 aromatic carbocycles. The van der Waals surface area contributed by atoms with Crippen molar-refractivity contribution in [3.63, 3.8) is 0 Å². The summed E-state index contributed by atoms with van der Waals surface area (Å²) in [7, 11) is 0. The van der Waals surface area contributed by atoms with E-state index in [0.717, 1.165) is 16.6 Å². The molecule has 0 aliphatic rings. The molecule has 1 heterocycles. The van der Waals surface area contributed by atoms with Crippen LogP contribution in [-0.2, 0) is 24.4 Å². The van der Waals surface area contributed by atoms with Crippen LogP contribution in [0.1, 0.15) is 12.5 Å². The van der Waals surface area contributed by atoms with Gasteiger partial charge < -0.3 is 16.4 Å². The van der Waals surface area contributed by atoms with Crippen molar-refractivity contribution in [3.05, 3.63) is 64.6 Å². The number of hydrogen-bond donors (Lipinski definition) is 3. The molecule has 0 spiro atoms. The van der Waals surface area contributed by atoms with E-state index in [0.29, 0.717) is 18.8 Å². The van der Waals surface area contributed by atoms with Gasteiger partial charge in [0.25, 0.3) is 0 Å². The van der Waals surface area contributed by atoms with Crippen LogP contribution in [0.25, 0.3) is 11.0 Å². The van der Waals surface area contributed by atoms with Gasteiger partial charge in [0.2, 0.25) is 5.91 Å². The maximum absolute atomic E-state index is 12.6. The summed E-state index contributed by atoms with van der Waals surface area (Å²) in [5.41, 5.74) is 7.86. The normalized spacial score (nSPS) is 10.7. The summed E-state index contributed by atoms with van der Waals surface area (Å²) in [6.45, 7) is 2.71. The van der Waals surface area contributed by atoms with Gasteiger partial charge in [0.1, 0.15) is 6.54 Å². The summed E-state index contributed by atoms with van der Waals surface area (Å²) in [4.78, 5) is 35.7. The van der Waals surface area contributed by atoms with E-state index >= 15 is 0 Å². The van der Waals surface area contributed by atoms with E-state index < -0.39 is 6.03 Å². The van der Waals surface area contributed by atoms with Gasteiger partial charge in [-0.15, -0.1) is 0 Å². The molecule has 3 rings (SSSR count). The highest BCUT2D eigenvalue weighted by Crippen LogP contribution is 2.13. The molecule has 1 aromatic heterocycles. The third kappa shape index (κ3) is 4.00. The molecule has 0 saturated carbocycles. The van der Waals surface area contributed by atoms with Crippen molar-refractivity contribution in [1.29, 1.82) is 0 Å². The summed E-state index contributed by atoms with van der Waals surface area (Å²) < 4.78 is 3.13. The second-order valence-electron chi connectivity index (χ2n) is 6.06. The number of fused-ring (bicyclic) bond motifs is 1. The van der Waals surface area contributed by atoms with Crippen LogP contribution < -0.4 is 22.1 Å². The molecule has 0 unspecified atom stereocenters. The Labute approximate surface area is 155 Å². The number of carbonyl (C=O) groups is 2. The van der Waals surface area contributed by atoms with Crippen molar-refractivity contribution >= 4 is 28.7 Å². The van der Waals surface area contributed by atoms with Crippen molar-refractivity contribution in [2.24, 2.45) is 5.73 Å². The third-order valence-electron chi connectivity index (χ3n) is 4.25. The number of nitrogens with one attached hydrogen (secondary N) is 2. The van der Waals surface area contributed by atoms with E-state index in [9.17, 15) is 14.4 Å². The highest BCUT2D eigenvalue weighted by atomic mass is 16.2. The molecule has 8 heteroatoms. The molecule has 3 amide bonds. The lowest BCUT2D eigenvalue weighted by molar-refractivity contribution is -0.121. The monoisotopic (exact) mass is 367 g/mol. The fourth-order valence-corrected chi connectivity index (χ4v) is 2.98. The van der Waals surface area contributed by atoms with Gasteiger partial charge in [-0.25, -0.2) is 9.59 Å². The minimum Gasteiger partial charge on any atom is -0.351 e. The topological polar surface area (TPSA) is 111 Å². The second kappa shape index (κ2) is 7.77. The minimum atomic E-state index is -0.632. The lowest BCUT2D eigenvalue weighted by Crippen LogP contribution is -2.32. The Kier molecular flexibility index (Phi) is 5.25. The van der Waals surface area contributed by atoms with Gasteiger partial charge in [0, 0.05) is 18.8 Å². The molecule has 0 atom stereocenters. The van der Waals surface area contributed by atoms with Gasteiger partial charge >= 0.3 is 11.7 Å². The Balaban J connectivity index is 1.68. The quantitative estimate of drug-likeness (QED) is 0.616. The maximum atomic E-state index is 12.6. The van der Waals surface area contributed by atoms with Gasteiger partial charge in [-0.2, -0.15) is 0 Å². The zero-order valence-corrected chi connectivity index (χ0v) is 14.9. The summed E-state index contributed by atoms with van der Waals surface area (Å²) in [5, 5.41) is 5.28. The fourth-order valence-electron chi connectivity index (χ4n) is 2.98. The maximum Gasteiger partial charge on any atom is 0.329 e. The largest absolute Gasteiger partial charge is 0.351 e. The zero-order chi connectivity index (χ0) is 19.4. The van der Waals surface area contributed by atoms with Gasteiger partial charge in [-0.3, -0.25) is 13.9 Å². The highest BCUT2D eigenvalue weighted by molar-refractivity contribution is 5.87. The number of hydrogen-bond acceptors (Lipinski definition) is 3. The molecule has 0 saturated heterocycles. The standard InChI is InChI=1S/C19H21N5O3/c1-2-23-15-5-3-4-6-16(15)24(19(23)27)12-17(25)21-11-13-7-9-14(10-8-13)22-18(20)26/h3-10H,2,11-12H2,1H3,(H,21,25)(H3,20,22,26). The number of amides is 3. The van der Waals surface area contributed by atoms with Crippen molar-refractivity contribution in [2.45, 2.75) is 26.6 Å². The van der Waals surface area contributed by atoms with Crippen LogP contribution >= 0.6 is 0 Å². The number of aryl methyl sites for hydroxylation is 1. The average Bonchev–Trinajstić information content (AvgIpc) is 2.92. The molecular weight excluding hydrogens is 346 g/mol. The van der Waals surface area contributed by atoms with Gasteiger partial charge in [0.05, 0.1) is 11.0 Å². The van der Waals surface area contributed by atoms with Crippen molar-refractivity contribution in [1.82, 2.24) is 14.5 Å². The summed E-state index contributed by atoms with van der Waals surface area (Å²) >= 11 is 0. The number of carbonyl (C=O) groups excluding carboxylic acids is 2. The van der Waals surface area contributed by atoms with E-state index in [1.54, 1.807) is 28.8 Å². The lowest BCUT2D eigenvalue weighted by atomic mass is 10.2. The molecule has 0 bridgehead atoms. The first kappa shape index (κ1) is 18.2. The Morgan fingerprint density at radius 1 is 1.00 bits per heavy atom. The molecule has 27 heavy (non-hydrogen) atoms. The van der Waals surface area contributed by atoms with Crippen molar-refractivity contribution in [3.8, 4) is 0 Å². The van der Waals surface area contributed by atoms with E-state index in [1.807, 2.05) is 31.2 Å². The van der Waals surface area contributed by atoms with Gasteiger partial charge in [-0.05, 0) is 36.8 Å². The number of anilines is 1. The van der Waals surface area contributed by atoms with E-state index in [1.165, 1.54) is 4.57 Å². The summed E-state index contributed by atoms with van der Waals surface area (Å²) in [6.07, 6.45) is 0. The van der Waals surface area contributed by atoms with Crippen molar-refractivity contribution in [2.75, 3.05) is 5.32 Å². The molecule has 0 aliphatic carbocycles. The Bertz CT molecular complexity index is 1030. The first-order valence-electron chi connectivity index (χ1n) is 8.59. The number of rotatable bonds is 6. The highest BCUT2D eigenvalue weighted by Gasteiger charge is 2.14. The van der Waals surface area contributed by atoms with Crippen LogP contribution in [0.2, 0.25) is 0 Å². The summed E-state index contributed by atoms with van der Waals surface area (Å²) in [6, 6.07) is 13.7. The Morgan fingerprint density at radius 2 is 1.63 bits per heavy atom. The first-order chi connectivity index (χ1) is 13.0. The van der Waals surface area contributed by atoms with Crippen LogP contribution in [0.15, 0.2) is 53.3 Å². The first-order valence-corrected chi connectivity index (χ1v) is 8.59. The van der Waals surface area contributed by atoms with Crippen LogP contribution in [-0.4, -0.2) is 21.1 Å². The molecule has 4 N–H and O–H groups in total. The predicted octanol–water partition coefficient (Wildman–Crippen LogP) is 1.63. The molecular formula is C19H21N5O3. The van der Waals surface area contributed by atoms with Gasteiger partial charge in [0.15, 0.2) is 0 Å². The van der Waals surface area contributed by atoms with Crippen molar-refractivity contribution < 1.29 is 9.59 Å². The second-order valence-corrected chi connectivity index (χ2v) is 6.06. The third-order valence-corrected chi connectivity index (χ3v) is 4.25. The van der Waals surface area contributed by atoms with Crippen LogP contribution in [0.3, 0.4) is 0 Å². The number of nitrogens with zero attached hydrogens (tertiary/aromatic N) is 2. The number of nitrogens with two attached hydrogens (primary N) is 1. The molecule has 3 aromatic rings. The van der Waals surface area contributed by atoms with E-state index in [4.69, 9.17) is 5.73 Å². The number of benzene rings is 2. The molecule has 0 radical (unpaired) electrons.